The first-order valence-corrected chi connectivity index (χ1v) is 5.21. The van der Waals surface area contributed by atoms with Crippen LogP contribution >= 0.6 is 40.7 Å². The third kappa shape index (κ3) is 3.70. The molecule has 0 amide bonds. The molecule has 1 aliphatic heterocycles. The van der Waals surface area contributed by atoms with Gasteiger partial charge in [0.15, 0.2) is 0 Å². The summed E-state index contributed by atoms with van der Waals surface area (Å²) in [7, 11) is 0. The number of fused-ring (bicyclic) bond motifs is 1. The zero-order valence-electron chi connectivity index (χ0n) is 8.29. The number of hydrogen-bond acceptors (Lipinski definition) is 3. The molecule has 2 rings (SSSR count). The van der Waals surface area contributed by atoms with Gasteiger partial charge in [-0.25, -0.2) is 4.98 Å². The van der Waals surface area contributed by atoms with E-state index in [1.54, 1.807) is 0 Å². The minimum Gasteiger partial charge on any atom is -0.382 e. The first kappa shape index (κ1) is 14.8. The lowest BCUT2D eigenvalue weighted by molar-refractivity contribution is 0.743. The molecule has 1 aliphatic rings. The molecule has 3 nitrogen and oxygen atoms in total. The second kappa shape index (κ2) is 6.40. The first-order chi connectivity index (χ1) is 6.25. The molecule has 0 aliphatic carbocycles. The Labute approximate surface area is 110 Å². The molecule has 2 N–H and O–H groups in total. The minimum absolute atomic E-state index is 0. The number of nitrogens with one attached hydrogen (secondary N) is 2. The van der Waals surface area contributed by atoms with Gasteiger partial charge in [0.2, 0.25) is 0 Å². The van der Waals surface area contributed by atoms with Gasteiger partial charge in [0.05, 0.1) is 5.69 Å². The van der Waals surface area contributed by atoms with Crippen molar-refractivity contribution in [2.24, 2.45) is 0 Å². The molecule has 1 atom stereocenters. The first-order valence-electron chi connectivity index (χ1n) is 4.41. The van der Waals surface area contributed by atoms with Crippen LogP contribution in [0.2, 0.25) is 0 Å². The van der Waals surface area contributed by atoms with Gasteiger partial charge >= 0.3 is 0 Å². The van der Waals surface area contributed by atoms with Crippen molar-refractivity contribution in [2.45, 2.75) is 19.4 Å². The summed E-state index contributed by atoms with van der Waals surface area (Å²) in [5, 5.41) is 6.70. The number of pyridine rings is 1. The zero-order chi connectivity index (χ0) is 9.26. The van der Waals surface area contributed by atoms with E-state index < -0.39 is 0 Å². The standard InChI is InChI=1S/C9H12BrN3.2ClH/c1-6-2-3-11-8-4-7(10)5-12-9(8)13-6;;/h4-6,11H,2-3H2,1H3,(H,12,13);2*1H. The maximum Gasteiger partial charge on any atom is 0.149 e. The monoisotopic (exact) mass is 313 g/mol. The highest BCUT2D eigenvalue weighted by Gasteiger charge is 2.12. The quantitative estimate of drug-likeness (QED) is 0.771. The number of hydrogen-bond donors (Lipinski definition) is 2. The van der Waals surface area contributed by atoms with Crippen molar-refractivity contribution in [3.8, 4) is 0 Å². The summed E-state index contributed by atoms with van der Waals surface area (Å²) in [5.41, 5.74) is 1.08. The van der Waals surface area contributed by atoms with Crippen LogP contribution in [-0.4, -0.2) is 17.6 Å². The smallest absolute Gasteiger partial charge is 0.149 e. The number of halogens is 3. The number of anilines is 2. The summed E-state index contributed by atoms with van der Waals surface area (Å²) in [6.45, 7) is 3.17. The molecule has 0 bridgehead atoms. The van der Waals surface area contributed by atoms with Gasteiger partial charge in [-0.2, -0.15) is 0 Å². The number of aromatic nitrogens is 1. The van der Waals surface area contributed by atoms with Gasteiger partial charge in [0.1, 0.15) is 5.82 Å². The highest BCUT2D eigenvalue weighted by molar-refractivity contribution is 9.10. The van der Waals surface area contributed by atoms with E-state index in [1.165, 1.54) is 0 Å². The van der Waals surface area contributed by atoms with Gasteiger partial charge in [-0.05, 0) is 35.3 Å². The van der Waals surface area contributed by atoms with E-state index in [1.807, 2.05) is 12.3 Å². The second-order valence-corrected chi connectivity index (χ2v) is 4.23. The fourth-order valence-corrected chi connectivity index (χ4v) is 1.75. The lowest BCUT2D eigenvalue weighted by Crippen LogP contribution is -2.15. The molecule has 2 heterocycles. The Morgan fingerprint density at radius 3 is 2.93 bits per heavy atom. The number of rotatable bonds is 0. The van der Waals surface area contributed by atoms with Crippen molar-refractivity contribution in [2.75, 3.05) is 17.2 Å². The Morgan fingerprint density at radius 1 is 1.47 bits per heavy atom. The van der Waals surface area contributed by atoms with E-state index >= 15 is 0 Å². The van der Waals surface area contributed by atoms with Gasteiger partial charge in [0.25, 0.3) is 0 Å². The fraction of sp³-hybridized carbons (Fsp3) is 0.444. The van der Waals surface area contributed by atoms with Gasteiger partial charge in [0, 0.05) is 23.3 Å². The van der Waals surface area contributed by atoms with Gasteiger partial charge in [-0.3, -0.25) is 0 Å². The van der Waals surface area contributed by atoms with E-state index in [-0.39, 0.29) is 24.8 Å². The van der Waals surface area contributed by atoms with Crippen molar-refractivity contribution in [1.29, 1.82) is 0 Å². The Balaban J connectivity index is 0.000000980. The van der Waals surface area contributed by atoms with Crippen LogP contribution in [0.3, 0.4) is 0 Å². The lowest BCUT2D eigenvalue weighted by atomic mass is 10.2. The second-order valence-electron chi connectivity index (χ2n) is 3.31. The molecular formula is C9H14BrCl2N3. The van der Waals surface area contributed by atoms with E-state index in [9.17, 15) is 0 Å². The third-order valence-corrected chi connectivity index (χ3v) is 2.56. The van der Waals surface area contributed by atoms with E-state index in [0.29, 0.717) is 6.04 Å². The normalized spacial score (nSPS) is 18.1. The van der Waals surface area contributed by atoms with Crippen LogP contribution < -0.4 is 10.6 Å². The average Bonchev–Trinajstić information content (AvgIpc) is 2.25. The summed E-state index contributed by atoms with van der Waals surface area (Å²) in [5.74, 6) is 0.952. The predicted molar refractivity (Wildman–Crippen MR) is 72.6 cm³/mol. The Kier molecular flexibility index (Phi) is 6.32. The molecule has 0 fully saturated rings. The topological polar surface area (TPSA) is 37.0 Å². The third-order valence-electron chi connectivity index (χ3n) is 2.13. The Hall–Kier alpha value is -0.190. The van der Waals surface area contributed by atoms with Crippen molar-refractivity contribution >= 4 is 52.2 Å². The van der Waals surface area contributed by atoms with Gasteiger partial charge < -0.3 is 10.6 Å². The van der Waals surface area contributed by atoms with Crippen LogP contribution in [0.5, 0.6) is 0 Å². The highest BCUT2D eigenvalue weighted by Crippen LogP contribution is 2.25. The summed E-state index contributed by atoms with van der Waals surface area (Å²) in [4.78, 5) is 4.31. The van der Waals surface area contributed by atoms with Crippen LogP contribution in [0.1, 0.15) is 13.3 Å². The molecule has 1 unspecified atom stereocenters. The summed E-state index contributed by atoms with van der Waals surface area (Å²) in [6.07, 6.45) is 2.93. The highest BCUT2D eigenvalue weighted by atomic mass is 79.9. The van der Waals surface area contributed by atoms with Crippen LogP contribution in [0, 0.1) is 0 Å². The van der Waals surface area contributed by atoms with Crippen molar-refractivity contribution in [3.05, 3.63) is 16.7 Å². The number of nitrogens with zero attached hydrogens (tertiary/aromatic N) is 1. The Morgan fingerprint density at radius 2 is 2.20 bits per heavy atom. The van der Waals surface area contributed by atoms with E-state index in [2.05, 4.69) is 38.5 Å². The molecular weight excluding hydrogens is 301 g/mol. The van der Waals surface area contributed by atoms with Gasteiger partial charge in [-0.1, -0.05) is 0 Å². The van der Waals surface area contributed by atoms with E-state index in [4.69, 9.17) is 0 Å². The molecule has 1 aromatic rings. The molecule has 15 heavy (non-hydrogen) atoms. The average molecular weight is 315 g/mol. The molecule has 1 aromatic heterocycles. The largest absolute Gasteiger partial charge is 0.382 e. The minimum atomic E-state index is 0. The molecule has 6 heteroatoms. The van der Waals surface area contributed by atoms with Crippen molar-refractivity contribution < 1.29 is 0 Å². The van der Waals surface area contributed by atoms with Crippen LogP contribution in [0.25, 0.3) is 0 Å². The zero-order valence-corrected chi connectivity index (χ0v) is 11.5. The van der Waals surface area contributed by atoms with Crippen LogP contribution in [0.15, 0.2) is 16.7 Å². The van der Waals surface area contributed by atoms with Crippen molar-refractivity contribution in [1.82, 2.24) is 4.98 Å². The molecule has 0 spiro atoms. The van der Waals surface area contributed by atoms with Gasteiger partial charge in [-0.15, -0.1) is 24.8 Å². The SMILES string of the molecule is CC1CCNc2cc(Br)cnc2N1.Cl.Cl. The predicted octanol–water partition coefficient (Wildman–Crippen LogP) is 3.30. The fourth-order valence-electron chi connectivity index (χ4n) is 1.42. The maximum absolute atomic E-state index is 4.31. The van der Waals surface area contributed by atoms with Crippen LogP contribution in [-0.2, 0) is 0 Å². The summed E-state index contributed by atoms with van der Waals surface area (Å²) >= 11 is 3.40. The molecule has 0 aromatic carbocycles. The lowest BCUT2D eigenvalue weighted by Gasteiger charge is -2.10. The summed E-state index contributed by atoms with van der Waals surface area (Å²) in [6, 6.07) is 2.54. The molecule has 0 radical (unpaired) electrons. The Bertz CT molecular complexity index is 322. The summed E-state index contributed by atoms with van der Waals surface area (Å²) < 4.78 is 1.01. The molecule has 0 saturated heterocycles. The molecule has 86 valence electrons. The molecule has 0 saturated carbocycles. The van der Waals surface area contributed by atoms with E-state index in [0.717, 1.165) is 28.9 Å². The van der Waals surface area contributed by atoms with Crippen LogP contribution in [0.4, 0.5) is 11.5 Å². The maximum atomic E-state index is 4.31. The van der Waals surface area contributed by atoms with Crippen molar-refractivity contribution in [3.63, 3.8) is 0 Å².